The monoisotopic (exact) mass is 395 g/mol. The first-order valence-corrected chi connectivity index (χ1v) is 11.0. The van der Waals surface area contributed by atoms with Gasteiger partial charge in [-0.25, -0.2) is 4.98 Å². The lowest BCUT2D eigenvalue weighted by Gasteiger charge is -2.25. The number of aromatic nitrogens is 2. The Balaban J connectivity index is 1.33. The molecule has 1 aromatic heterocycles. The van der Waals surface area contributed by atoms with Crippen molar-refractivity contribution in [3.63, 3.8) is 0 Å². The van der Waals surface area contributed by atoms with E-state index in [1.807, 2.05) is 24.4 Å². The third kappa shape index (κ3) is 5.38. The molecule has 0 saturated carbocycles. The number of hydrogen-bond donors (Lipinski definition) is 1. The van der Waals surface area contributed by atoms with Crippen molar-refractivity contribution in [2.75, 3.05) is 43.5 Å². The Labute approximate surface area is 174 Å². The van der Waals surface area contributed by atoms with Gasteiger partial charge in [0.1, 0.15) is 11.6 Å². The first-order valence-electron chi connectivity index (χ1n) is 11.0. The van der Waals surface area contributed by atoms with Gasteiger partial charge in [0.2, 0.25) is 5.95 Å². The first-order chi connectivity index (χ1) is 14.3. The highest BCUT2D eigenvalue weighted by atomic mass is 16.5. The molecule has 0 aliphatic carbocycles. The molecule has 1 unspecified atom stereocenters. The lowest BCUT2D eigenvalue weighted by Crippen LogP contribution is -2.34. The molecule has 1 atom stereocenters. The fraction of sp³-hybridized carbons (Fsp3) is 0.565. The van der Waals surface area contributed by atoms with Crippen molar-refractivity contribution < 1.29 is 4.74 Å². The van der Waals surface area contributed by atoms with Crippen LogP contribution in [0.4, 0.5) is 11.8 Å². The summed E-state index contributed by atoms with van der Waals surface area (Å²) in [7, 11) is 1.71. The van der Waals surface area contributed by atoms with Crippen LogP contribution in [0.15, 0.2) is 36.5 Å². The molecule has 156 valence electrons. The molecule has 1 N–H and O–H groups in total. The van der Waals surface area contributed by atoms with Gasteiger partial charge in [-0.3, -0.25) is 4.90 Å². The molecule has 2 aromatic rings. The van der Waals surface area contributed by atoms with Gasteiger partial charge in [-0.15, -0.1) is 0 Å². The van der Waals surface area contributed by atoms with Gasteiger partial charge in [-0.05, 0) is 56.0 Å². The van der Waals surface area contributed by atoms with E-state index in [4.69, 9.17) is 9.72 Å². The maximum atomic E-state index is 5.27. The molecule has 0 radical (unpaired) electrons. The second-order valence-electron chi connectivity index (χ2n) is 8.14. The van der Waals surface area contributed by atoms with Crippen LogP contribution in [0.3, 0.4) is 0 Å². The Kier molecular flexibility index (Phi) is 6.83. The fourth-order valence-electron chi connectivity index (χ4n) is 4.42. The van der Waals surface area contributed by atoms with Crippen LogP contribution in [0.1, 0.15) is 44.1 Å². The SMILES string of the molecule is COc1ccc(CN2CCCC2CNc2nccc(N3CCCCCC3)n2)cc1. The topological polar surface area (TPSA) is 53.5 Å². The number of nitrogens with zero attached hydrogens (tertiary/aromatic N) is 4. The van der Waals surface area contributed by atoms with E-state index in [0.29, 0.717) is 6.04 Å². The maximum Gasteiger partial charge on any atom is 0.224 e. The molecule has 0 spiro atoms. The summed E-state index contributed by atoms with van der Waals surface area (Å²) in [4.78, 5) is 14.2. The summed E-state index contributed by atoms with van der Waals surface area (Å²) in [6.45, 7) is 5.22. The van der Waals surface area contributed by atoms with Crippen molar-refractivity contribution in [3.05, 3.63) is 42.1 Å². The van der Waals surface area contributed by atoms with Gasteiger partial charge in [0, 0.05) is 38.4 Å². The van der Waals surface area contributed by atoms with Gasteiger partial charge >= 0.3 is 0 Å². The van der Waals surface area contributed by atoms with Crippen LogP contribution in [0.2, 0.25) is 0 Å². The van der Waals surface area contributed by atoms with Gasteiger partial charge < -0.3 is 15.0 Å². The third-order valence-corrected chi connectivity index (χ3v) is 6.11. The number of rotatable bonds is 7. The van der Waals surface area contributed by atoms with Crippen molar-refractivity contribution in [1.82, 2.24) is 14.9 Å². The molecular weight excluding hydrogens is 362 g/mol. The largest absolute Gasteiger partial charge is 0.497 e. The van der Waals surface area contributed by atoms with Crippen molar-refractivity contribution in [3.8, 4) is 5.75 Å². The van der Waals surface area contributed by atoms with Gasteiger partial charge in [0.25, 0.3) is 0 Å². The van der Waals surface area contributed by atoms with Crippen LogP contribution < -0.4 is 15.0 Å². The molecular formula is C23H33N5O. The molecule has 6 nitrogen and oxygen atoms in total. The Morgan fingerprint density at radius 3 is 2.55 bits per heavy atom. The maximum absolute atomic E-state index is 5.27. The van der Waals surface area contributed by atoms with Crippen molar-refractivity contribution in [1.29, 1.82) is 0 Å². The summed E-state index contributed by atoms with van der Waals surface area (Å²) in [6, 6.07) is 11.0. The molecule has 1 aromatic carbocycles. The van der Waals surface area contributed by atoms with Crippen molar-refractivity contribution in [2.45, 2.75) is 51.1 Å². The fourth-order valence-corrected chi connectivity index (χ4v) is 4.42. The smallest absolute Gasteiger partial charge is 0.224 e. The predicted octanol–water partition coefficient (Wildman–Crippen LogP) is 3.94. The summed E-state index contributed by atoms with van der Waals surface area (Å²) in [5.74, 6) is 2.73. The average molecular weight is 396 g/mol. The van der Waals surface area contributed by atoms with Gasteiger partial charge in [0.15, 0.2) is 0 Å². The zero-order valence-corrected chi connectivity index (χ0v) is 17.5. The summed E-state index contributed by atoms with van der Waals surface area (Å²) in [5, 5.41) is 3.51. The van der Waals surface area contributed by atoms with E-state index >= 15 is 0 Å². The summed E-state index contributed by atoms with van der Waals surface area (Å²) in [5.41, 5.74) is 1.33. The molecule has 2 saturated heterocycles. The van der Waals surface area contributed by atoms with Gasteiger partial charge in [-0.1, -0.05) is 25.0 Å². The van der Waals surface area contributed by atoms with Crippen LogP contribution in [0, 0.1) is 0 Å². The second kappa shape index (κ2) is 9.92. The third-order valence-electron chi connectivity index (χ3n) is 6.11. The molecule has 2 aliphatic rings. The van der Waals surface area contributed by atoms with E-state index in [-0.39, 0.29) is 0 Å². The highest BCUT2D eigenvalue weighted by molar-refractivity contribution is 5.42. The molecule has 3 heterocycles. The molecule has 29 heavy (non-hydrogen) atoms. The lowest BCUT2D eigenvalue weighted by molar-refractivity contribution is 0.254. The average Bonchev–Trinajstić information content (AvgIpc) is 3.02. The van der Waals surface area contributed by atoms with Gasteiger partial charge in [-0.2, -0.15) is 4.98 Å². The zero-order valence-electron chi connectivity index (χ0n) is 17.5. The first kappa shape index (κ1) is 20.0. The van der Waals surface area contributed by atoms with Crippen LogP contribution in [-0.4, -0.2) is 54.2 Å². The number of nitrogens with one attached hydrogen (secondary N) is 1. The van der Waals surface area contributed by atoms with Gasteiger partial charge in [0.05, 0.1) is 7.11 Å². The summed E-state index contributed by atoms with van der Waals surface area (Å²) < 4.78 is 5.27. The number of methoxy groups -OCH3 is 1. The van der Waals surface area contributed by atoms with Crippen molar-refractivity contribution in [2.24, 2.45) is 0 Å². The Bertz CT molecular complexity index is 758. The second-order valence-corrected chi connectivity index (χ2v) is 8.14. The number of hydrogen-bond acceptors (Lipinski definition) is 6. The van der Waals surface area contributed by atoms with Crippen LogP contribution in [0.25, 0.3) is 0 Å². The van der Waals surface area contributed by atoms with E-state index in [9.17, 15) is 0 Å². The molecule has 2 fully saturated rings. The molecule has 4 rings (SSSR count). The predicted molar refractivity (Wildman–Crippen MR) is 118 cm³/mol. The number of benzene rings is 1. The standard InChI is InChI=1S/C23H33N5O/c1-29-21-10-8-19(9-11-21)18-28-16-6-7-20(28)17-25-23-24-13-12-22(26-23)27-14-4-2-3-5-15-27/h8-13,20H,2-7,14-18H2,1H3,(H,24,25,26). The Hall–Kier alpha value is -2.34. The minimum atomic E-state index is 0.516. The zero-order chi connectivity index (χ0) is 19.9. The van der Waals surface area contributed by atoms with E-state index in [1.54, 1.807) is 7.11 Å². The number of ether oxygens (including phenoxy) is 1. The molecule has 0 bridgehead atoms. The normalized spacial score (nSPS) is 20.4. The highest BCUT2D eigenvalue weighted by Gasteiger charge is 2.24. The summed E-state index contributed by atoms with van der Waals surface area (Å²) in [6.07, 6.45) is 9.53. The van der Waals surface area contributed by atoms with E-state index < -0.39 is 0 Å². The Morgan fingerprint density at radius 2 is 1.79 bits per heavy atom. The highest BCUT2D eigenvalue weighted by Crippen LogP contribution is 2.22. The lowest BCUT2D eigenvalue weighted by atomic mass is 10.1. The van der Waals surface area contributed by atoms with E-state index in [2.05, 4.69) is 32.2 Å². The van der Waals surface area contributed by atoms with Crippen LogP contribution in [0.5, 0.6) is 5.75 Å². The van der Waals surface area contributed by atoms with Crippen LogP contribution >= 0.6 is 0 Å². The molecule has 0 amide bonds. The molecule has 6 heteroatoms. The Morgan fingerprint density at radius 1 is 1.00 bits per heavy atom. The quantitative estimate of drug-likeness (QED) is 0.766. The number of anilines is 2. The molecule has 2 aliphatic heterocycles. The van der Waals surface area contributed by atoms with Crippen molar-refractivity contribution >= 4 is 11.8 Å². The number of likely N-dealkylation sites (tertiary alicyclic amines) is 1. The van der Waals surface area contributed by atoms with Crippen LogP contribution in [-0.2, 0) is 6.54 Å². The minimum Gasteiger partial charge on any atom is -0.497 e. The summed E-state index contributed by atoms with van der Waals surface area (Å²) >= 11 is 0. The minimum absolute atomic E-state index is 0.516. The van der Waals surface area contributed by atoms with E-state index in [1.165, 1.54) is 44.1 Å². The van der Waals surface area contributed by atoms with E-state index in [0.717, 1.165) is 50.2 Å².